The maximum absolute atomic E-state index is 12.0. The SMILES string of the molecule is Cc1cc(C)nc(NC(=O)NC2CCOC(C)(C)C2)c1. The number of amides is 2. The molecule has 1 fully saturated rings. The lowest BCUT2D eigenvalue weighted by atomic mass is 9.94. The van der Waals surface area contributed by atoms with Crippen LogP contribution >= 0.6 is 0 Å². The minimum atomic E-state index is -0.204. The molecular weight excluding hydrogens is 254 g/mol. The zero-order valence-corrected chi connectivity index (χ0v) is 12.6. The Kier molecular flexibility index (Phi) is 4.28. The number of carbonyl (C=O) groups is 1. The first-order valence-electron chi connectivity index (χ1n) is 7.01. The van der Waals surface area contributed by atoms with Gasteiger partial charge in [-0.25, -0.2) is 9.78 Å². The zero-order valence-electron chi connectivity index (χ0n) is 12.6. The van der Waals surface area contributed by atoms with Crippen LogP contribution in [0.2, 0.25) is 0 Å². The molecule has 0 radical (unpaired) electrons. The molecule has 0 aliphatic carbocycles. The quantitative estimate of drug-likeness (QED) is 0.873. The van der Waals surface area contributed by atoms with Crippen LogP contribution in [0.5, 0.6) is 0 Å². The average molecular weight is 277 g/mol. The largest absolute Gasteiger partial charge is 0.375 e. The molecule has 1 aromatic heterocycles. The van der Waals surface area contributed by atoms with Gasteiger partial charge in [0.2, 0.25) is 0 Å². The van der Waals surface area contributed by atoms with Gasteiger partial charge in [-0.05, 0) is 58.2 Å². The second kappa shape index (κ2) is 5.79. The fourth-order valence-electron chi connectivity index (χ4n) is 2.60. The number of anilines is 1. The Balaban J connectivity index is 1.92. The molecule has 5 nitrogen and oxygen atoms in total. The van der Waals surface area contributed by atoms with Crippen molar-refractivity contribution in [3.8, 4) is 0 Å². The summed E-state index contributed by atoms with van der Waals surface area (Å²) in [5, 5.41) is 5.79. The first kappa shape index (κ1) is 14.8. The van der Waals surface area contributed by atoms with Crippen LogP contribution < -0.4 is 10.6 Å². The number of aryl methyl sites for hydroxylation is 2. The van der Waals surface area contributed by atoms with Crippen molar-refractivity contribution in [2.75, 3.05) is 11.9 Å². The van der Waals surface area contributed by atoms with Gasteiger partial charge in [-0.3, -0.25) is 5.32 Å². The fraction of sp³-hybridized carbons (Fsp3) is 0.600. The molecule has 0 aromatic carbocycles. The van der Waals surface area contributed by atoms with Crippen LogP contribution in [0.25, 0.3) is 0 Å². The van der Waals surface area contributed by atoms with Gasteiger partial charge in [0.05, 0.1) is 5.60 Å². The molecule has 1 saturated heterocycles. The molecule has 110 valence electrons. The number of hydrogen-bond acceptors (Lipinski definition) is 3. The molecule has 1 aliphatic rings. The van der Waals surface area contributed by atoms with E-state index in [1.807, 2.05) is 39.8 Å². The van der Waals surface area contributed by atoms with Crippen LogP contribution in [0.4, 0.5) is 10.6 Å². The number of pyridine rings is 1. The predicted molar refractivity (Wildman–Crippen MR) is 78.9 cm³/mol. The third-order valence-corrected chi connectivity index (χ3v) is 3.37. The number of nitrogens with one attached hydrogen (secondary N) is 2. The van der Waals surface area contributed by atoms with Crippen LogP contribution in [-0.2, 0) is 4.74 Å². The Bertz CT molecular complexity index is 480. The summed E-state index contributed by atoms with van der Waals surface area (Å²) in [6, 6.07) is 3.78. The van der Waals surface area contributed by atoms with E-state index in [2.05, 4.69) is 15.6 Å². The van der Waals surface area contributed by atoms with Gasteiger partial charge in [0.15, 0.2) is 0 Å². The lowest BCUT2D eigenvalue weighted by molar-refractivity contribution is -0.0609. The van der Waals surface area contributed by atoms with Crippen molar-refractivity contribution in [1.29, 1.82) is 0 Å². The second-order valence-corrected chi connectivity index (χ2v) is 6.07. The van der Waals surface area contributed by atoms with Crippen LogP contribution in [0.15, 0.2) is 12.1 Å². The maximum atomic E-state index is 12.0. The summed E-state index contributed by atoms with van der Waals surface area (Å²) in [6.07, 6.45) is 1.66. The van der Waals surface area contributed by atoms with Gasteiger partial charge >= 0.3 is 6.03 Å². The molecule has 1 aliphatic heterocycles. The molecular formula is C15H23N3O2. The van der Waals surface area contributed by atoms with Crippen LogP contribution in [0, 0.1) is 13.8 Å². The molecule has 2 amide bonds. The predicted octanol–water partition coefficient (Wildman–Crippen LogP) is 2.78. The Labute approximate surface area is 120 Å². The van der Waals surface area contributed by atoms with E-state index >= 15 is 0 Å². The van der Waals surface area contributed by atoms with Gasteiger partial charge in [-0.15, -0.1) is 0 Å². The van der Waals surface area contributed by atoms with E-state index < -0.39 is 0 Å². The molecule has 2 N–H and O–H groups in total. The minimum absolute atomic E-state index is 0.143. The van der Waals surface area contributed by atoms with Crippen molar-refractivity contribution in [2.24, 2.45) is 0 Å². The highest BCUT2D eigenvalue weighted by Gasteiger charge is 2.29. The lowest BCUT2D eigenvalue weighted by Crippen LogP contribution is -2.47. The number of aromatic nitrogens is 1. The molecule has 2 rings (SSSR count). The van der Waals surface area contributed by atoms with Crippen molar-refractivity contribution in [3.63, 3.8) is 0 Å². The van der Waals surface area contributed by atoms with Crippen LogP contribution in [-0.4, -0.2) is 29.3 Å². The Morgan fingerprint density at radius 2 is 2.15 bits per heavy atom. The molecule has 1 unspecified atom stereocenters. The van der Waals surface area contributed by atoms with Gasteiger partial charge < -0.3 is 10.1 Å². The molecule has 20 heavy (non-hydrogen) atoms. The van der Waals surface area contributed by atoms with E-state index in [0.29, 0.717) is 12.4 Å². The summed E-state index contributed by atoms with van der Waals surface area (Å²) in [5.74, 6) is 0.589. The fourth-order valence-corrected chi connectivity index (χ4v) is 2.60. The summed E-state index contributed by atoms with van der Waals surface area (Å²) in [5.41, 5.74) is 1.81. The first-order chi connectivity index (χ1) is 9.34. The van der Waals surface area contributed by atoms with Crippen molar-refractivity contribution < 1.29 is 9.53 Å². The van der Waals surface area contributed by atoms with Gasteiger partial charge in [0, 0.05) is 18.3 Å². The summed E-state index contributed by atoms with van der Waals surface area (Å²) in [6.45, 7) is 8.67. The smallest absolute Gasteiger partial charge is 0.320 e. The van der Waals surface area contributed by atoms with Gasteiger partial charge in [0.25, 0.3) is 0 Å². The first-order valence-corrected chi connectivity index (χ1v) is 7.01. The van der Waals surface area contributed by atoms with Crippen molar-refractivity contribution in [2.45, 2.75) is 52.2 Å². The van der Waals surface area contributed by atoms with Gasteiger partial charge in [-0.1, -0.05) is 0 Å². The van der Waals surface area contributed by atoms with Gasteiger partial charge in [-0.2, -0.15) is 0 Å². The molecule has 0 bridgehead atoms. The lowest BCUT2D eigenvalue weighted by Gasteiger charge is -2.35. The topological polar surface area (TPSA) is 63.2 Å². The highest BCUT2D eigenvalue weighted by atomic mass is 16.5. The Morgan fingerprint density at radius 1 is 1.40 bits per heavy atom. The highest BCUT2D eigenvalue weighted by molar-refractivity contribution is 5.88. The van der Waals surface area contributed by atoms with E-state index in [1.54, 1.807) is 0 Å². The summed E-state index contributed by atoms with van der Waals surface area (Å²) >= 11 is 0. The summed E-state index contributed by atoms with van der Waals surface area (Å²) in [7, 11) is 0. The summed E-state index contributed by atoms with van der Waals surface area (Å²) in [4.78, 5) is 16.3. The van der Waals surface area contributed by atoms with Gasteiger partial charge in [0.1, 0.15) is 5.82 Å². The van der Waals surface area contributed by atoms with Crippen LogP contribution in [0.1, 0.15) is 37.9 Å². The molecule has 0 saturated carbocycles. The van der Waals surface area contributed by atoms with Crippen molar-refractivity contribution in [1.82, 2.24) is 10.3 Å². The van der Waals surface area contributed by atoms with Crippen LogP contribution in [0.3, 0.4) is 0 Å². The molecule has 0 spiro atoms. The average Bonchev–Trinajstić information content (AvgIpc) is 2.25. The van der Waals surface area contributed by atoms with Crippen molar-refractivity contribution >= 4 is 11.8 Å². The number of carbonyl (C=O) groups excluding carboxylic acids is 1. The second-order valence-electron chi connectivity index (χ2n) is 6.07. The number of nitrogens with zero attached hydrogens (tertiary/aromatic N) is 1. The minimum Gasteiger partial charge on any atom is -0.375 e. The van der Waals surface area contributed by atoms with E-state index in [1.165, 1.54) is 0 Å². The third-order valence-electron chi connectivity index (χ3n) is 3.37. The monoisotopic (exact) mass is 277 g/mol. The number of urea groups is 1. The van der Waals surface area contributed by atoms with E-state index in [-0.39, 0.29) is 17.7 Å². The normalized spacial score (nSPS) is 21.3. The zero-order chi connectivity index (χ0) is 14.8. The molecule has 5 heteroatoms. The highest BCUT2D eigenvalue weighted by Crippen LogP contribution is 2.23. The molecule has 1 atom stereocenters. The van der Waals surface area contributed by atoms with E-state index in [4.69, 9.17) is 4.74 Å². The third kappa shape index (κ3) is 4.20. The van der Waals surface area contributed by atoms with E-state index in [9.17, 15) is 4.79 Å². The Morgan fingerprint density at radius 3 is 2.80 bits per heavy atom. The standard InChI is InChI=1S/C15H23N3O2/c1-10-7-11(2)16-13(8-10)18-14(19)17-12-5-6-20-15(3,4)9-12/h7-8,12H,5-6,9H2,1-4H3,(H2,16,17,18,19). The molecule has 1 aromatic rings. The number of rotatable bonds is 2. The van der Waals surface area contributed by atoms with Crippen molar-refractivity contribution in [3.05, 3.63) is 23.4 Å². The number of ether oxygens (including phenoxy) is 1. The van der Waals surface area contributed by atoms with E-state index in [0.717, 1.165) is 24.1 Å². The maximum Gasteiger partial charge on any atom is 0.320 e. The summed E-state index contributed by atoms with van der Waals surface area (Å²) < 4.78 is 5.64. The molecule has 2 heterocycles. The number of hydrogen-bond donors (Lipinski definition) is 2. The Hall–Kier alpha value is -1.62.